The molecule has 1 aromatic heterocycles. The predicted molar refractivity (Wildman–Crippen MR) is 53.4 cm³/mol. The van der Waals surface area contributed by atoms with Crippen molar-refractivity contribution in [1.29, 1.82) is 0 Å². The molecule has 0 spiro atoms. The van der Waals surface area contributed by atoms with E-state index in [4.69, 9.17) is 11.6 Å². The Morgan fingerprint density at radius 3 is 2.93 bits per heavy atom. The van der Waals surface area contributed by atoms with Crippen LogP contribution in [0, 0.1) is 5.82 Å². The average molecular weight is 225 g/mol. The van der Waals surface area contributed by atoms with Crippen LogP contribution in [0.2, 0.25) is 5.02 Å². The van der Waals surface area contributed by atoms with Gasteiger partial charge in [-0.3, -0.25) is 9.89 Å². The van der Waals surface area contributed by atoms with Gasteiger partial charge in [0.25, 0.3) is 0 Å². The summed E-state index contributed by atoms with van der Waals surface area (Å²) >= 11 is 5.79. The molecule has 3 nitrogen and oxygen atoms in total. The van der Waals surface area contributed by atoms with E-state index < -0.39 is 5.82 Å². The van der Waals surface area contributed by atoms with E-state index in [2.05, 4.69) is 10.2 Å². The van der Waals surface area contributed by atoms with E-state index in [1.807, 2.05) is 0 Å². The van der Waals surface area contributed by atoms with Crippen LogP contribution in [0.15, 0.2) is 30.6 Å². The monoisotopic (exact) mass is 224 g/mol. The van der Waals surface area contributed by atoms with Crippen molar-refractivity contribution in [2.45, 2.75) is 0 Å². The molecule has 0 radical (unpaired) electrons. The van der Waals surface area contributed by atoms with Gasteiger partial charge in [0.1, 0.15) is 5.82 Å². The van der Waals surface area contributed by atoms with Gasteiger partial charge in [-0.2, -0.15) is 5.10 Å². The number of aromatic amines is 1. The lowest BCUT2D eigenvalue weighted by Crippen LogP contribution is -2.01. The fraction of sp³-hybridized carbons (Fsp3) is 0. The molecule has 0 amide bonds. The van der Waals surface area contributed by atoms with Gasteiger partial charge < -0.3 is 0 Å². The smallest absolute Gasteiger partial charge is 0.197 e. The number of nitrogens with one attached hydrogen (secondary N) is 1. The fourth-order valence-electron chi connectivity index (χ4n) is 1.20. The van der Waals surface area contributed by atoms with Gasteiger partial charge >= 0.3 is 0 Å². The van der Waals surface area contributed by atoms with Crippen LogP contribution in [0.3, 0.4) is 0 Å². The van der Waals surface area contributed by atoms with Crippen LogP contribution in [0.5, 0.6) is 0 Å². The van der Waals surface area contributed by atoms with Gasteiger partial charge in [-0.1, -0.05) is 11.6 Å². The van der Waals surface area contributed by atoms with Crippen LogP contribution in [0.25, 0.3) is 0 Å². The molecular weight excluding hydrogens is 219 g/mol. The van der Waals surface area contributed by atoms with E-state index in [9.17, 15) is 9.18 Å². The molecule has 0 bridgehead atoms. The molecule has 1 aromatic carbocycles. The van der Waals surface area contributed by atoms with Gasteiger partial charge in [0.15, 0.2) is 5.78 Å². The number of carbonyl (C=O) groups excluding carboxylic acids is 1. The molecule has 0 aliphatic carbocycles. The molecular formula is C10H6ClFN2O. The summed E-state index contributed by atoms with van der Waals surface area (Å²) < 4.78 is 12.9. The lowest BCUT2D eigenvalue weighted by Gasteiger charge is -2.00. The molecule has 2 aromatic rings. The molecule has 0 unspecified atom stereocenters. The molecule has 0 atom stereocenters. The van der Waals surface area contributed by atoms with Gasteiger partial charge in [0.2, 0.25) is 0 Å². The maximum absolute atomic E-state index is 12.9. The van der Waals surface area contributed by atoms with Crippen molar-refractivity contribution in [3.05, 3.63) is 52.6 Å². The van der Waals surface area contributed by atoms with Gasteiger partial charge in [-0.15, -0.1) is 0 Å². The van der Waals surface area contributed by atoms with E-state index in [-0.39, 0.29) is 16.4 Å². The number of hydrogen-bond donors (Lipinski definition) is 1. The summed E-state index contributed by atoms with van der Waals surface area (Å²) in [4.78, 5) is 11.8. The summed E-state index contributed by atoms with van der Waals surface area (Å²) in [6.07, 6.45) is 2.80. The largest absolute Gasteiger partial charge is 0.288 e. The summed E-state index contributed by atoms with van der Waals surface area (Å²) in [6.45, 7) is 0. The van der Waals surface area contributed by atoms with E-state index in [1.165, 1.54) is 24.5 Å². The summed E-state index contributed by atoms with van der Waals surface area (Å²) in [5.74, 6) is -0.848. The van der Waals surface area contributed by atoms with Crippen LogP contribution in [0.1, 0.15) is 15.9 Å². The number of carbonyl (C=O) groups is 1. The molecule has 15 heavy (non-hydrogen) atoms. The Morgan fingerprint density at radius 2 is 2.27 bits per heavy atom. The topological polar surface area (TPSA) is 45.8 Å². The molecule has 1 N–H and O–H groups in total. The lowest BCUT2D eigenvalue weighted by molar-refractivity contribution is 0.103. The SMILES string of the molecule is O=C(c1cn[nH]c1)c1cc(F)ccc1Cl. The Hall–Kier alpha value is -1.68. The normalized spacial score (nSPS) is 10.3. The van der Waals surface area contributed by atoms with Crippen molar-refractivity contribution in [3.8, 4) is 0 Å². The van der Waals surface area contributed by atoms with Gasteiger partial charge in [-0.25, -0.2) is 4.39 Å². The predicted octanol–water partition coefficient (Wildman–Crippen LogP) is 2.43. The highest BCUT2D eigenvalue weighted by Crippen LogP contribution is 2.20. The lowest BCUT2D eigenvalue weighted by atomic mass is 10.1. The van der Waals surface area contributed by atoms with Crippen molar-refractivity contribution in [3.63, 3.8) is 0 Å². The molecule has 0 aliphatic rings. The van der Waals surface area contributed by atoms with Crippen LogP contribution in [-0.2, 0) is 0 Å². The first-order valence-electron chi connectivity index (χ1n) is 4.17. The molecule has 5 heteroatoms. The summed E-state index contributed by atoms with van der Waals surface area (Å²) in [6, 6.07) is 3.66. The number of nitrogens with zero attached hydrogens (tertiary/aromatic N) is 1. The minimum Gasteiger partial charge on any atom is -0.288 e. The number of hydrogen-bond acceptors (Lipinski definition) is 2. The third-order valence-corrected chi connectivity index (χ3v) is 2.26. The molecule has 0 saturated heterocycles. The zero-order valence-corrected chi connectivity index (χ0v) is 8.25. The fourth-order valence-corrected chi connectivity index (χ4v) is 1.41. The molecule has 2 rings (SSSR count). The van der Waals surface area contributed by atoms with E-state index in [0.717, 1.165) is 6.07 Å². The highest BCUT2D eigenvalue weighted by atomic mass is 35.5. The highest BCUT2D eigenvalue weighted by molar-refractivity contribution is 6.34. The number of aromatic nitrogens is 2. The van der Waals surface area contributed by atoms with E-state index in [0.29, 0.717) is 5.56 Å². The van der Waals surface area contributed by atoms with Crippen LogP contribution < -0.4 is 0 Å². The molecule has 0 aliphatic heterocycles. The minimum atomic E-state index is -0.494. The first kappa shape index (κ1) is 9.86. The van der Waals surface area contributed by atoms with Crippen LogP contribution >= 0.6 is 11.6 Å². The summed E-state index contributed by atoms with van der Waals surface area (Å²) in [5.41, 5.74) is 0.487. The Kier molecular flexibility index (Phi) is 2.51. The quantitative estimate of drug-likeness (QED) is 0.797. The van der Waals surface area contributed by atoms with Gasteiger partial charge in [0, 0.05) is 11.8 Å². The van der Waals surface area contributed by atoms with Crippen molar-refractivity contribution < 1.29 is 9.18 Å². The Labute approximate surface area is 89.9 Å². The number of halogens is 2. The second-order valence-corrected chi connectivity index (χ2v) is 3.35. The third-order valence-electron chi connectivity index (χ3n) is 1.93. The first-order chi connectivity index (χ1) is 7.18. The third kappa shape index (κ3) is 1.89. The zero-order valence-electron chi connectivity index (χ0n) is 7.50. The maximum atomic E-state index is 12.9. The Bertz CT molecular complexity index is 496. The number of benzene rings is 1. The van der Waals surface area contributed by atoms with Crippen LogP contribution in [-0.4, -0.2) is 16.0 Å². The highest BCUT2D eigenvalue weighted by Gasteiger charge is 2.14. The van der Waals surface area contributed by atoms with Crippen molar-refractivity contribution in [2.24, 2.45) is 0 Å². The minimum absolute atomic E-state index is 0.137. The van der Waals surface area contributed by atoms with Crippen molar-refractivity contribution >= 4 is 17.4 Å². The number of H-pyrrole nitrogens is 1. The molecule has 76 valence electrons. The Balaban J connectivity index is 2.46. The number of rotatable bonds is 2. The maximum Gasteiger partial charge on any atom is 0.197 e. The molecule has 0 fully saturated rings. The van der Waals surface area contributed by atoms with Crippen molar-refractivity contribution in [1.82, 2.24) is 10.2 Å². The van der Waals surface area contributed by atoms with E-state index >= 15 is 0 Å². The second kappa shape index (κ2) is 3.82. The first-order valence-corrected chi connectivity index (χ1v) is 4.55. The average Bonchev–Trinajstić information content (AvgIpc) is 2.74. The van der Waals surface area contributed by atoms with E-state index in [1.54, 1.807) is 0 Å². The zero-order chi connectivity index (χ0) is 10.8. The van der Waals surface area contributed by atoms with Gasteiger partial charge in [0.05, 0.1) is 16.8 Å². The summed E-state index contributed by atoms with van der Waals surface area (Å²) in [5, 5.41) is 6.37. The Morgan fingerprint density at radius 1 is 1.47 bits per heavy atom. The molecule has 1 heterocycles. The standard InChI is InChI=1S/C10H6ClFN2O/c11-9-2-1-7(12)3-8(9)10(15)6-4-13-14-5-6/h1-5H,(H,13,14). The van der Waals surface area contributed by atoms with Crippen LogP contribution in [0.4, 0.5) is 4.39 Å². The summed E-state index contributed by atoms with van der Waals surface area (Å²) in [7, 11) is 0. The second-order valence-electron chi connectivity index (χ2n) is 2.94. The number of ketones is 1. The van der Waals surface area contributed by atoms with Gasteiger partial charge in [-0.05, 0) is 18.2 Å². The van der Waals surface area contributed by atoms with Crippen molar-refractivity contribution in [2.75, 3.05) is 0 Å². The molecule has 0 saturated carbocycles.